The molecule has 0 heterocycles. The van der Waals surface area contributed by atoms with Crippen LogP contribution in [0.15, 0.2) is 18.2 Å². The van der Waals surface area contributed by atoms with Crippen molar-refractivity contribution >= 4 is 46.4 Å². The maximum absolute atomic E-state index is 10.8. The highest BCUT2D eigenvalue weighted by Gasteiger charge is 2.02. The zero-order valence-electron chi connectivity index (χ0n) is 6.98. The van der Waals surface area contributed by atoms with Crippen molar-refractivity contribution in [2.45, 2.75) is 0 Å². The van der Waals surface area contributed by atoms with E-state index in [-0.39, 0.29) is 11.8 Å². The van der Waals surface area contributed by atoms with E-state index in [0.29, 0.717) is 15.7 Å². The van der Waals surface area contributed by atoms with E-state index in [1.54, 1.807) is 18.2 Å². The van der Waals surface area contributed by atoms with E-state index in [2.05, 4.69) is 10.9 Å². The van der Waals surface area contributed by atoms with Crippen LogP contribution in [0, 0.1) is 0 Å². The average Bonchev–Trinajstić information content (AvgIpc) is 2.16. The number of benzene rings is 1. The van der Waals surface area contributed by atoms with Gasteiger partial charge in [0.15, 0.2) is 0 Å². The fraction of sp³-hybridized carbons (Fsp3) is 0.125. The number of amides is 1. The SMILES string of the molecule is O=C(CCl)NNc1ccc(Cl)cc1Cl. The molecule has 1 rings (SSSR count). The molecule has 0 fully saturated rings. The number of carbonyl (C=O) groups is 1. The maximum Gasteiger partial charge on any atom is 0.253 e. The van der Waals surface area contributed by atoms with Crippen LogP contribution in [0.4, 0.5) is 5.69 Å². The van der Waals surface area contributed by atoms with Gasteiger partial charge in [-0.15, -0.1) is 11.6 Å². The Morgan fingerprint density at radius 3 is 2.64 bits per heavy atom. The smallest absolute Gasteiger partial charge is 0.253 e. The summed E-state index contributed by atoms with van der Waals surface area (Å²) < 4.78 is 0. The first-order chi connectivity index (χ1) is 6.63. The molecule has 0 saturated carbocycles. The van der Waals surface area contributed by atoms with Gasteiger partial charge < -0.3 is 0 Å². The lowest BCUT2D eigenvalue weighted by Gasteiger charge is -2.08. The van der Waals surface area contributed by atoms with Gasteiger partial charge >= 0.3 is 0 Å². The normalized spacial score (nSPS) is 9.64. The number of carbonyl (C=O) groups excluding carboxylic acids is 1. The number of rotatable bonds is 3. The molecule has 3 nitrogen and oxygen atoms in total. The Hall–Kier alpha value is -0.640. The Balaban J connectivity index is 2.63. The minimum atomic E-state index is -0.335. The van der Waals surface area contributed by atoms with E-state index in [0.717, 1.165) is 0 Å². The average molecular weight is 254 g/mol. The van der Waals surface area contributed by atoms with Gasteiger partial charge in [0.2, 0.25) is 0 Å². The summed E-state index contributed by atoms with van der Waals surface area (Å²) in [5.74, 6) is -0.448. The highest BCUT2D eigenvalue weighted by Crippen LogP contribution is 2.24. The number of anilines is 1. The minimum absolute atomic E-state index is 0.113. The summed E-state index contributed by atoms with van der Waals surface area (Å²) >= 11 is 16.8. The molecule has 14 heavy (non-hydrogen) atoms. The number of alkyl halides is 1. The number of nitrogens with one attached hydrogen (secondary N) is 2. The monoisotopic (exact) mass is 252 g/mol. The summed E-state index contributed by atoms with van der Waals surface area (Å²) in [6, 6.07) is 4.88. The second kappa shape index (κ2) is 5.29. The van der Waals surface area contributed by atoms with Gasteiger partial charge in [-0.1, -0.05) is 23.2 Å². The fourth-order valence-electron chi connectivity index (χ4n) is 0.761. The predicted octanol–water partition coefficient (Wildman–Crippen LogP) is 2.68. The summed E-state index contributed by atoms with van der Waals surface area (Å²) in [4.78, 5) is 10.8. The van der Waals surface area contributed by atoms with E-state index in [1.807, 2.05) is 0 Å². The maximum atomic E-state index is 10.8. The van der Waals surface area contributed by atoms with Gasteiger partial charge in [-0.3, -0.25) is 15.6 Å². The molecule has 0 saturated heterocycles. The van der Waals surface area contributed by atoms with Crippen LogP contribution in [0.1, 0.15) is 0 Å². The molecule has 0 unspecified atom stereocenters. The third-order valence-corrected chi connectivity index (χ3v) is 2.18. The van der Waals surface area contributed by atoms with Gasteiger partial charge in [-0.25, -0.2) is 0 Å². The molecule has 2 N–H and O–H groups in total. The molecule has 76 valence electrons. The number of halogens is 3. The first kappa shape index (κ1) is 11.4. The van der Waals surface area contributed by atoms with Crippen molar-refractivity contribution in [1.29, 1.82) is 0 Å². The number of hydrogen-bond acceptors (Lipinski definition) is 2. The predicted molar refractivity (Wildman–Crippen MR) is 58.9 cm³/mol. The molecule has 6 heteroatoms. The van der Waals surface area contributed by atoms with Gasteiger partial charge in [-0.05, 0) is 18.2 Å². The summed E-state index contributed by atoms with van der Waals surface area (Å²) in [6.45, 7) is 0. The molecule has 1 aromatic carbocycles. The van der Waals surface area contributed by atoms with Gasteiger partial charge in [0.05, 0.1) is 10.7 Å². The Kier molecular flexibility index (Phi) is 4.32. The first-order valence-corrected chi connectivity index (χ1v) is 4.98. The molecule has 0 aliphatic heterocycles. The summed E-state index contributed by atoms with van der Waals surface area (Å²) in [5.41, 5.74) is 5.54. The lowest BCUT2D eigenvalue weighted by atomic mass is 10.3. The van der Waals surface area contributed by atoms with Crippen LogP contribution < -0.4 is 10.9 Å². The van der Waals surface area contributed by atoms with Crippen LogP contribution in [0.5, 0.6) is 0 Å². The molecule has 0 aliphatic carbocycles. The van der Waals surface area contributed by atoms with Gasteiger partial charge in [0.25, 0.3) is 5.91 Å². The van der Waals surface area contributed by atoms with E-state index in [9.17, 15) is 4.79 Å². The highest BCUT2D eigenvalue weighted by molar-refractivity contribution is 6.36. The molecule has 0 spiro atoms. The van der Waals surface area contributed by atoms with Gasteiger partial charge in [0, 0.05) is 5.02 Å². The van der Waals surface area contributed by atoms with E-state index < -0.39 is 0 Å². The van der Waals surface area contributed by atoms with Crippen molar-refractivity contribution in [2.75, 3.05) is 11.3 Å². The van der Waals surface area contributed by atoms with Crippen LogP contribution in [0.2, 0.25) is 10.0 Å². The van der Waals surface area contributed by atoms with Crippen LogP contribution >= 0.6 is 34.8 Å². The lowest BCUT2D eigenvalue weighted by molar-refractivity contribution is -0.118. The fourth-order valence-corrected chi connectivity index (χ4v) is 1.28. The number of hydrogen-bond donors (Lipinski definition) is 2. The van der Waals surface area contributed by atoms with E-state index in [1.165, 1.54) is 0 Å². The standard InChI is InChI=1S/C8H7Cl3N2O/c9-4-8(14)13-12-7-2-1-5(10)3-6(7)11/h1-3,12H,4H2,(H,13,14). The zero-order chi connectivity index (χ0) is 10.6. The van der Waals surface area contributed by atoms with Crippen LogP contribution in [-0.2, 0) is 4.79 Å². The highest BCUT2D eigenvalue weighted by atomic mass is 35.5. The molecule has 0 atom stereocenters. The molecular formula is C8H7Cl3N2O. The van der Waals surface area contributed by atoms with Crippen molar-refractivity contribution < 1.29 is 4.79 Å². The third-order valence-electron chi connectivity index (χ3n) is 1.39. The summed E-state index contributed by atoms with van der Waals surface area (Å²) in [7, 11) is 0. The van der Waals surface area contributed by atoms with Crippen molar-refractivity contribution in [1.82, 2.24) is 5.43 Å². The number of hydrazine groups is 1. The quantitative estimate of drug-likeness (QED) is 0.642. The van der Waals surface area contributed by atoms with Gasteiger partial charge in [0.1, 0.15) is 5.88 Å². The molecule has 0 radical (unpaired) electrons. The topological polar surface area (TPSA) is 41.1 Å². The van der Waals surface area contributed by atoms with Gasteiger partial charge in [-0.2, -0.15) is 0 Å². The Labute approximate surface area is 96.3 Å². The summed E-state index contributed by atoms with van der Waals surface area (Å²) in [5, 5.41) is 0.955. The first-order valence-electron chi connectivity index (χ1n) is 3.69. The Morgan fingerprint density at radius 1 is 1.36 bits per heavy atom. The van der Waals surface area contributed by atoms with E-state index >= 15 is 0 Å². The largest absolute Gasteiger partial charge is 0.297 e. The molecule has 1 aromatic rings. The molecule has 0 bridgehead atoms. The Morgan fingerprint density at radius 2 is 2.07 bits per heavy atom. The molecule has 1 amide bonds. The molecule has 0 aliphatic rings. The molecular weight excluding hydrogens is 246 g/mol. The van der Waals surface area contributed by atoms with Crippen molar-refractivity contribution in [3.63, 3.8) is 0 Å². The van der Waals surface area contributed by atoms with Crippen molar-refractivity contribution in [2.24, 2.45) is 0 Å². The zero-order valence-corrected chi connectivity index (χ0v) is 9.25. The van der Waals surface area contributed by atoms with Crippen LogP contribution in [-0.4, -0.2) is 11.8 Å². The third kappa shape index (κ3) is 3.25. The lowest BCUT2D eigenvalue weighted by Crippen LogP contribution is -2.30. The second-order valence-corrected chi connectivity index (χ2v) is 3.54. The van der Waals surface area contributed by atoms with E-state index in [4.69, 9.17) is 34.8 Å². The second-order valence-electron chi connectivity index (χ2n) is 2.43. The van der Waals surface area contributed by atoms with Crippen molar-refractivity contribution in [3.8, 4) is 0 Å². The Bertz CT molecular complexity index is 343. The minimum Gasteiger partial charge on any atom is -0.297 e. The summed E-state index contributed by atoms with van der Waals surface area (Å²) in [6.07, 6.45) is 0. The van der Waals surface area contributed by atoms with Crippen LogP contribution in [0.3, 0.4) is 0 Å². The van der Waals surface area contributed by atoms with Crippen LogP contribution in [0.25, 0.3) is 0 Å². The van der Waals surface area contributed by atoms with Crippen molar-refractivity contribution in [3.05, 3.63) is 28.2 Å². The molecule has 0 aromatic heterocycles.